The molecular weight excluding hydrogens is 242 g/mol. The van der Waals surface area contributed by atoms with Gasteiger partial charge < -0.3 is 15.1 Å². The number of nitrogens with one attached hydrogen (secondary N) is 1. The monoisotopic (exact) mass is 273 g/mol. The lowest BCUT2D eigenvalue weighted by atomic mass is 10.3. The van der Waals surface area contributed by atoms with E-state index in [1.807, 2.05) is 0 Å². The molecule has 0 spiro atoms. The van der Waals surface area contributed by atoms with Crippen LogP contribution >= 0.6 is 11.8 Å². The summed E-state index contributed by atoms with van der Waals surface area (Å²) >= 11 is 2.15. The summed E-state index contributed by atoms with van der Waals surface area (Å²) in [5, 5.41) is 4.44. The minimum absolute atomic E-state index is 0.870. The highest BCUT2D eigenvalue weighted by Gasteiger charge is 2.17. The van der Waals surface area contributed by atoms with E-state index in [-0.39, 0.29) is 0 Å². The van der Waals surface area contributed by atoms with Gasteiger partial charge in [0.1, 0.15) is 0 Å². The van der Waals surface area contributed by atoms with Crippen LogP contribution in [0, 0.1) is 0 Å². The molecule has 1 N–H and O–H groups in total. The first-order chi connectivity index (χ1) is 8.80. The number of hydrogen-bond acceptors (Lipinski definition) is 4. The second-order valence-corrected chi connectivity index (χ2v) is 6.39. The van der Waals surface area contributed by atoms with Crippen LogP contribution < -0.4 is 5.32 Å². The van der Waals surface area contributed by atoms with Gasteiger partial charge in [-0.25, -0.2) is 0 Å². The van der Waals surface area contributed by atoms with Crippen LogP contribution in [0.5, 0.6) is 0 Å². The summed E-state index contributed by atoms with van der Waals surface area (Å²) in [6.45, 7) is 16.3. The summed E-state index contributed by atoms with van der Waals surface area (Å²) in [6, 6.07) is 0. The van der Waals surface area contributed by atoms with Crippen molar-refractivity contribution in [2.45, 2.75) is 32.4 Å². The van der Waals surface area contributed by atoms with Crippen molar-refractivity contribution in [3.63, 3.8) is 0 Å². The van der Waals surface area contributed by atoms with Gasteiger partial charge in [-0.2, -0.15) is 11.8 Å². The molecule has 0 aliphatic carbocycles. The zero-order valence-corrected chi connectivity index (χ0v) is 13.3. The van der Waals surface area contributed by atoms with E-state index in [1.54, 1.807) is 0 Å². The molecule has 1 fully saturated rings. The van der Waals surface area contributed by atoms with Gasteiger partial charge in [0.15, 0.2) is 0 Å². The molecule has 3 nitrogen and oxygen atoms in total. The molecule has 1 atom stereocenters. The van der Waals surface area contributed by atoms with Crippen LogP contribution in [0.25, 0.3) is 0 Å². The highest BCUT2D eigenvalue weighted by atomic mass is 32.2. The third kappa shape index (κ3) is 6.41. The van der Waals surface area contributed by atoms with Crippen molar-refractivity contribution in [2.75, 3.05) is 58.1 Å². The minimum Gasteiger partial charge on any atom is -0.314 e. The Morgan fingerprint density at radius 3 is 2.67 bits per heavy atom. The smallest absolute Gasteiger partial charge is 0.0172 e. The fourth-order valence-corrected chi connectivity index (χ4v) is 3.62. The molecule has 1 unspecified atom stereocenters. The highest BCUT2D eigenvalue weighted by molar-refractivity contribution is 8.00. The molecule has 1 aliphatic rings. The van der Waals surface area contributed by atoms with E-state index in [2.05, 4.69) is 47.6 Å². The molecule has 0 bridgehead atoms. The molecule has 4 heteroatoms. The van der Waals surface area contributed by atoms with Crippen LogP contribution in [-0.2, 0) is 0 Å². The second kappa shape index (κ2) is 10.1. The van der Waals surface area contributed by atoms with Crippen molar-refractivity contribution in [2.24, 2.45) is 0 Å². The summed E-state index contributed by atoms with van der Waals surface area (Å²) in [5.74, 6) is 1.32. The van der Waals surface area contributed by atoms with Crippen molar-refractivity contribution in [1.29, 1.82) is 0 Å². The fraction of sp³-hybridized carbons (Fsp3) is 1.00. The number of likely N-dealkylation sites (N-methyl/N-ethyl adjacent to an activating group) is 1. The maximum Gasteiger partial charge on any atom is 0.0172 e. The predicted molar refractivity (Wildman–Crippen MR) is 83.6 cm³/mol. The molecule has 1 aliphatic heterocycles. The van der Waals surface area contributed by atoms with Gasteiger partial charge in [-0.15, -0.1) is 0 Å². The molecule has 0 aromatic rings. The lowest BCUT2D eigenvalue weighted by molar-refractivity contribution is 0.270. The van der Waals surface area contributed by atoms with Gasteiger partial charge in [-0.05, 0) is 19.5 Å². The van der Waals surface area contributed by atoms with Crippen molar-refractivity contribution in [3.8, 4) is 0 Å². The zero-order valence-electron chi connectivity index (χ0n) is 12.5. The van der Waals surface area contributed by atoms with Crippen molar-refractivity contribution >= 4 is 11.8 Å². The van der Waals surface area contributed by atoms with E-state index in [0.717, 1.165) is 18.3 Å². The summed E-state index contributed by atoms with van der Waals surface area (Å²) in [4.78, 5) is 5.09. The lowest BCUT2D eigenvalue weighted by Gasteiger charge is -2.31. The van der Waals surface area contributed by atoms with Crippen LogP contribution in [0.4, 0.5) is 0 Å². The van der Waals surface area contributed by atoms with Gasteiger partial charge in [-0.3, -0.25) is 0 Å². The molecule has 1 rings (SSSR count). The summed E-state index contributed by atoms with van der Waals surface area (Å²) in [5.41, 5.74) is 0. The van der Waals surface area contributed by atoms with Gasteiger partial charge in [0, 0.05) is 50.3 Å². The van der Waals surface area contributed by atoms with Gasteiger partial charge in [0.2, 0.25) is 0 Å². The Balaban J connectivity index is 2.00. The molecule has 0 aromatic carbocycles. The van der Waals surface area contributed by atoms with E-state index < -0.39 is 0 Å². The largest absolute Gasteiger partial charge is 0.314 e. The Kier molecular flexibility index (Phi) is 9.11. The number of thioether (sulfide) groups is 1. The van der Waals surface area contributed by atoms with Crippen molar-refractivity contribution in [3.05, 3.63) is 0 Å². The standard InChI is InChI=1S/C14H31N3S/c1-4-14-13-17(11-12-18-14)10-8-15-7-9-16(5-2)6-3/h14-15H,4-13H2,1-3H3. The third-order valence-corrected chi connectivity index (χ3v) is 5.15. The molecule has 108 valence electrons. The number of hydrogen-bond donors (Lipinski definition) is 1. The molecule has 0 aromatic heterocycles. The van der Waals surface area contributed by atoms with Gasteiger partial charge in [-0.1, -0.05) is 20.8 Å². The Labute approximate surface area is 118 Å². The fourth-order valence-electron chi connectivity index (χ4n) is 2.37. The van der Waals surface area contributed by atoms with E-state index in [9.17, 15) is 0 Å². The Hall–Kier alpha value is 0.230. The minimum atomic E-state index is 0.870. The molecule has 1 saturated heterocycles. The first-order valence-electron chi connectivity index (χ1n) is 7.57. The van der Waals surface area contributed by atoms with E-state index in [0.29, 0.717) is 0 Å². The van der Waals surface area contributed by atoms with E-state index in [1.165, 1.54) is 51.4 Å². The van der Waals surface area contributed by atoms with Crippen LogP contribution in [0.2, 0.25) is 0 Å². The zero-order chi connectivity index (χ0) is 13.2. The Morgan fingerprint density at radius 1 is 1.22 bits per heavy atom. The Morgan fingerprint density at radius 2 is 2.00 bits per heavy atom. The van der Waals surface area contributed by atoms with Gasteiger partial charge >= 0.3 is 0 Å². The van der Waals surface area contributed by atoms with Crippen molar-refractivity contribution < 1.29 is 0 Å². The van der Waals surface area contributed by atoms with Crippen molar-refractivity contribution in [1.82, 2.24) is 15.1 Å². The quantitative estimate of drug-likeness (QED) is 0.645. The second-order valence-electron chi connectivity index (χ2n) is 4.98. The SMILES string of the molecule is CCC1CN(CCNCCN(CC)CC)CCS1. The maximum absolute atomic E-state index is 3.57. The number of rotatable bonds is 9. The molecule has 0 saturated carbocycles. The maximum atomic E-state index is 3.57. The third-order valence-electron chi connectivity index (χ3n) is 3.78. The summed E-state index contributed by atoms with van der Waals surface area (Å²) in [6.07, 6.45) is 1.32. The molecule has 0 amide bonds. The van der Waals surface area contributed by atoms with E-state index >= 15 is 0 Å². The normalized spacial score (nSPS) is 21.7. The summed E-state index contributed by atoms with van der Waals surface area (Å²) in [7, 11) is 0. The van der Waals surface area contributed by atoms with E-state index in [4.69, 9.17) is 0 Å². The van der Waals surface area contributed by atoms with Crippen LogP contribution in [0.3, 0.4) is 0 Å². The topological polar surface area (TPSA) is 18.5 Å². The summed E-state index contributed by atoms with van der Waals surface area (Å²) < 4.78 is 0. The van der Waals surface area contributed by atoms with Gasteiger partial charge in [0.05, 0.1) is 0 Å². The first-order valence-corrected chi connectivity index (χ1v) is 8.62. The average Bonchev–Trinajstić information content (AvgIpc) is 2.43. The highest BCUT2D eigenvalue weighted by Crippen LogP contribution is 2.20. The predicted octanol–water partition coefficient (Wildman–Crippen LogP) is 1.75. The molecular formula is C14H31N3S. The van der Waals surface area contributed by atoms with Crippen LogP contribution in [0.1, 0.15) is 27.2 Å². The lowest BCUT2D eigenvalue weighted by Crippen LogP contribution is -2.42. The Bertz CT molecular complexity index is 197. The van der Waals surface area contributed by atoms with Gasteiger partial charge in [0.25, 0.3) is 0 Å². The molecule has 0 radical (unpaired) electrons. The molecule has 1 heterocycles. The average molecular weight is 273 g/mol. The molecule has 18 heavy (non-hydrogen) atoms. The van der Waals surface area contributed by atoms with Crippen LogP contribution in [0.15, 0.2) is 0 Å². The first kappa shape index (κ1) is 16.3. The number of nitrogens with zero attached hydrogens (tertiary/aromatic N) is 2. The van der Waals surface area contributed by atoms with Crippen LogP contribution in [-0.4, -0.2) is 73.2 Å².